The molecule has 0 aliphatic carbocycles. The molecule has 0 aromatic rings. The summed E-state index contributed by atoms with van der Waals surface area (Å²) in [5, 5.41) is 12.9. The molecule has 0 aromatic carbocycles. The van der Waals surface area contributed by atoms with Crippen molar-refractivity contribution in [3.63, 3.8) is 0 Å². The fraction of sp³-hybridized carbons (Fsp3) is 0.818. The number of hydrogen-bond acceptors (Lipinski definition) is 5. The van der Waals surface area contributed by atoms with Crippen LogP contribution >= 0.6 is 0 Å². The van der Waals surface area contributed by atoms with Gasteiger partial charge in [-0.15, -0.1) is 0 Å². The molecule has 0 bridgehead atoms. The van der Waals surface area contributed by atoms with Crippen molar-refractivity contribution in [2.45, 2.75) is 51.9 Å². The third kappa shape index (κ3) is 6.29. The number of nitrogens with zero attached hydrogens (tertiary/aromatic N) is 1. The van der Waals surface area contributed by atoms with Gasteiger partial charge in [-0.2, -0.15) is 0 Å². The molecule has 0 aromatic heterocycles. The number of amides is 1. The lowest BCUT2D eigenvalue weighted by atomic mass is 10.1. The highest BCUT2D eigenvalue weighted by Crippen LogP contribution is 2.09. The molecular formula is C11H20N2O5. The van der Waals surface area contributed by atoms with E-state index < -0.39 is 29.5 Å². The minimum atomic E-state index is -0.996. The van der Waals surface area contributed by atoms with Crippen molar-refractivity contribution in [1.82, 2.24) is 5.32 Å². The summed E-state index contributed by atoms with van der Waals surface area (Å²) < 4.78 is 5.47. The van der Waals surface area contributed by atoms with Gasteiger partial charge in [0, 0.05) is 11.8 Å². The van der Waals surface area contributed by atoms with Crippen LogP contribution in [0.1, 0.15) is 33.6 Å². The topological polar surface area (TPSA) is 98.5 Å². The van der Waals surface area contributed by atoms with Crippen LogP contribution in [0.5, 0.6) is 0 Å². The smallest absolute Gasteiger partial charge is 0.226 e. The fourth-order valence-electron chi connectivity index (χ4n) is 1.58. The molecule has 0 spiro atoms. The van der Waals surface area contributed by atoms with Crippen LogP contribution in [0.25, 0.3) is 0 Å². The first-order valence-corrected chi connectivity index (χ1v) is 5.94. The summed E-state index contributed by atoms with van der Waals surface area (Å²) >= 11 is 0. The lowest BCUT2D eigenvalue weighted by Gasteiger charge is -2.24. The van der Waals surface area contributed by atoms with Crippen molar-refractivity contribution in [2.75, 3.05) is 6.54 Å². The molecule has 18 heavy (non-hydrogen) atoms. The van der Waals surface area contributed by atoms with E-state index >= 15 is 0 Å². The van der Waals surface area contributed by atoms with Crippen LogP contribution < -0.4 is 5.32 Å². The Bertz CT molecular complexity index is 275. The van der Waals surface area contributed by atoms with Gasteiger partial charge >= 0.3 is 0 Å². The van der Waals surface area contributed by atoms with Crippen LogP contribution in [0.4, 0.5) is 0 Å². The molecule has 0 heterocycles. The molecule has 1 amide bonds. The van der Waals surface area contributed by atoms with E-state index in [4.69, 9.17) is 4.74 Å². The van der Waals surface area contributed by atoms with Crippen LogP contribution in [0.3, 0.4) is 0 Å². The molecule has 0 aliphatic rings. The molecular weight excluding hydrogens is 240 g/mol. The summed E-state index contributed by atoms with van der Waals surface area (Å²) in [5.74, 6) is -0.429. The molecule has 7 nitrogen and oxygen atoms in total. The summed E-state index contributed by atoms with van der Waals surface area (Å²) in [7, 11) is 0. The van der Waals surface area contributed by atoms with Gasteiger partial charge in [-0.05, 0) is 12.8 Å². The van der Waals surface area contributed by atoms with Crippen LogP contribution in [0.15, 0.2) is 0 Å². The second kappa shape index (κ2) is 8.57. The van der Waals surface area contributed by atoms with E-state index in [1.54, 1.807) is 0 Å². The first-order valence-electron chi connectivity index (χ1n) is 5.94. The normalized spacial score (nSPS) is 14.0. The second-order valence-corrected chi connectivity index (χ2v) is 4.00. The third-order valence-electron chi connectivity index (χ3n) is 2.53. The maximum atomic E-state index is 11.0. The van der Waals surface area contributed by atoms with Crippen molar-refractivity contribution in [1.29, 1.82) is 0 Å². The highest BCUT2D eigenvalue weighted by molar-refractivity contribution is 5.74. The molecule has 0 unspecified atom stereocenters. The number of carbonyl (C=O) groups is 2. The molecule has 0 radical (unpaired) electrons. The monoisotopic (exact) mass is 260 g/mol. The second-order valence-electron chi connectivity index (χ2n) is 4.00. The minimum Gasteiger partial charge on any atom is -0.365 e. The number of carbonyl (C=O) groups excluding carboxylic acids is 2. The van der Waals surface area contributed by atoms with Gasteiger partial charge < -0.3 is 14.8 Å². The Morgan fingerprint density at radius 1 is 1.44 bits per heavy atom. The molecule has 0 rings (SSSR count). The predicted molar refractivity (Wildman–Crippen MR) is 64.8 cm³/mol. The Morgan fingerprint density at radius 2 is 2.00 bits per heavy atom. The predicted octanol–water partition coefficient (Wildman–Crippen LogP) is 0.540. The number of nitro groups is 1. The molecule has 7 heteroatoms. The van der Waals surface area contributed by atoms with Crippen molar-refractivity contribution in [3.05, 3.63) is 10.1 Å². The first-order chi connectivity index (χ1) is 8.44. The van der Waals surface area contributed by atoms with E-state index in [1.165, 1.54) is 6.92 Å². The summed E-state index contributed by atoms with van der Waals surface area (Å²) in [6.07, 6.45) is 0.757. The quantitative estimate of drug-likeness (QED) is 0.370. The molecule has 0 saturated heterocycles. The third-order valence-corrected chi connectivity index (χ3v) is 2.53. The Balaban J connectivity index is 4.72. The average Bonchev–Trinajstić information content (AvgIpc) is 2.28. The van der Waals surface area contributed by atoms with Gasteiger partial charge in [0.25, 0.3) is 0 Å². The Morgan fingerprint density at radius 3 is 2.33 bits per heavy atom. The van der Waals surface area contributed by atoms with Crippen LogP contribution in [-0.2, 0) is 14.3 Å². The van der Waals surface area contributed by atoms with E-state index in [0.717, 1.165) is 0 Å². The van der Waals surface area contributed by atoms with E-state index in [-0.39, 0.29) is 6.10 Å². The van der Waals surface area contributed by atoms with E-state index in [2.05, 4.69) is 5.32 Å². The average molecular weight is 260 g/mol. The van der Waals surface area contributed by atoms with Gasteiger partial charge in [-0.25, -0.2) is 0 Å². The lowest BCUT2D eigenvalue weighted by Crippen LogP contribution is -2.49. The van der Waals surface area contributed by atoms with Gasteiger partial charge in [0.05, 0.1) is 6.10 Å². The van der Waals surface area contributed by atoms with Crippen LogP contribution in [0, 0.1) is 10.1 Å². The van der Waals surface area contributed by atoms with Gasteiger partial charge in [0.15, 0.2) is 6.29 Å². The highest BCUT2D eigenvalue weighted by Gasteiger charge is 2.29. The fourth-order valence-corrected chi connectivity index (χ4v) is 1.58. The van der Waals surface area contributed by atoms with E-state index in [1.807, 2.05) is 13.8 Å². The zero-order chi connectivity index (χ0) is 14.1. The highest BCUT2D eigenvalue weighted by atomic mass is 16.6. The Hall–Kier alpha value is -1.50. The Labute approximate surface area is 106 Å². The standard InChI is InChI=1S/C11H20N2O5/c1-4-9(5-2)18-11(7-14)10(6-13(16)17)12-8(3)15/h7,9-11H,4-6H2,1-3H3,(H,12,15)/t10-,11-/m1/s1. The van der Waals surface area contributed by atoms with Crippen LogP contribution in [-0.4, -0.2) is 41.9 Å². The van der Waals surface area contributed by atoms with Gasteiger partial charge in [-0.1, -0.05) is 13.8 Å². The maximum Gasteiger partial charge on any atom is 0.226 e. The number of ether oxygens (including phenoxy) is 1. The zero-order valence-corrected chi connectivity index (χ0v) is 10.9. The molecule has 0 aliphatic heterocycles. The van der Waals surface area contributed by atoms with Crippen molar-refractivity contribution in [2.24, 2.45) is 0 Å². The molecule has 2 atom stereocenters. The number of hydrogen-bond donors (Lipinski definition) is 1. The largest absolute Gasteiger partial charge is 0.365 e. The van der Waals surface area contributed by atoms with Crippen molar-refractivity contribution < 1.29 is 19.2 Å². The number of rotatable bonds is 9. The molecule has 0 fully saturated rings. The summed E-state index contributed by atoms with van der Waals surface area (Å²) in [4.78, 5) is 31.9. The number of nitrogens with one attached hydrogen (secondary N) is 1. The zero-order valence-electron chi connectivity index (χ0n) is 10.9. The van der Waals surface area contributed by atoms with E-state index in [9.17, 15) is 19.7 Å². The minimum absolute atomic E-state index is 0.150. The van der Waals surface area contributed by atoms with Crippen LogP contribution in [0.2, 0.25) is 0 Å². The maximum absolute atomic E-state index is 11.0. The lowest BCUT2D eigenvalue weighted by molar-refractivity contribution is -0.485. The van der Waals surface area contributed by atoms with E-state index in [0.29, 0.717) is 19.1 Å². The molecule has 104 valence electrons. The van der Waals surface area contributed by atoms with Gasteiger partial charge in [-0.3, -0.25) is 14.9 Å². The van der Waals surface area contributed by atoms with Gasteiger partial charge in [0.1, 0.15) is 12.1 Å². The van der Waals surface area contributed by atoms with Gasteiger partial charge in [0.2, 0.25) is 12.5 Å². The summed E-state index contributed by atoms with van der Waals surface area (Å²) in [6, 6.07) is -0.935. The molecule has 1 N–H and O–H groups in total. The first kappa shape index (κ1) is 16.5. The number of aldehydes is 1. The summed E-state index contributed by atoms with van der Waals surface area (Å²) in [5.41, 5.74) is 0. The Kier molecular flexibility index (Phi) is 7.86. The summed E-state index contributed by atoms with van der Waals surface area (Å²) in [6.45, 7) is 4.50. The SMILES string of the molecule is CCC(CC)O[C@H](C=O)[C@@H](C[N+](=O)[O-])NC(C)=O. The van der Waals surface area contributed by atoms with Crippen molar-refractivity contribution in [3.8, 4) is 0 Å². The van der Waals surface area contributed by atoms with Crippen molar-refractivity contribution >= 4 is 12.2 Å². The molecule has 0 saturated carbocycles.